The van der Waals surface area contributed by atoms with E-state index in [2.05, 4.69) is 32.6 Å². The molecule has 2 fully saturated rings. The first-order chi connectivity index (χ1) is 6.49. The van der Waals surface area contributed by atoms with Crippen molar-refractivity contribution in [2.75, 3.05) is 13.2 Å². The smallest absolute Gasteiger partial charge is 0.0936 e. The van der Waals surface area contributed by atoms with E-state index in [1.165, 1.54) is 12.8 Å². The second kappa shape index (κ2) is 3.49. The standard InChI is InChI=1S/C12H23NO/c1-9-5-10(2)13(7-11-8-14-11)12(3,4)6-9/h9-11H,5-8H2,1-4H3/t9-,10+,11-/m1/s1. The lowest BCUT2D eigenvalue weighted by Gasteiger charge is -2.49. The van der Waals surface area contributed by atoms with Gasteiger partial charge in [-0.1, -0.05) is 6.92 Å². The van der Waals surface area contributed by atoms with Crippen LogP contribution in [0.1, 0.15) is 40.5 Å². The van der Waals surface area contributed by atoms with Crippen LogP contribution < -0.4 is 0 Å². The average molecular weight is 197 g/mol. The molecule has 82 valence electrons. The quantitative estimate of drug-likeness (QED) is 0.631. The lowest BCUT2D eigenvalue weighted by atomic mass is 9.80. The van der Waals surface area contributed by atoms with E-state index in [-0.39, 0.29) is 0 Å². The molecule has 0 amide bonds. The molecule has 0 saturated carbocycles. The Morgan fingerprint density at radius 3 is 2.50 bits per heavy atom. The van der Waals surface area contributed by atoms with Gasteiger partial charge in [-0.15, -0.1) is 0 Å². The number of rotatable bonds is 2. The van der Waals surface area contributed by atoms with Crippen molar-refractivity contribution in [1.82, 2.24) is 4.90 Å². The van der Waals surface area contributed by atoms with E-state index in [9.17, 15) is 0 Å². The molecule has 0 spiro atoms. The molecule has 2 aliphatic rings. The van der Waals surface area contributed by atoms with Crippen molar-refractivity contribution >= 4 is 0 Å². The predicted octanol–water partition coefficient (Wildman–Crippen LogP) is 2.28. The van der Waals surface area contributed by atoms with Crippen LogP contribution in [-0.4, -0.2) is 35.7 Å². The van der Waals surface area contributed by atoms with Crippen molar-refractivity contribution in [3.63, 3.8) is 0 Å². The topological polar surface area (TPSA) is 15.8 Å². The molecule has 0 unspecified atom stereocenters. The summed E-state index contributed by atoms with van der Waals surface area (Å²) in [5.74, 6) is 0.872. The average Bonchev–Trinajstić information content (AvgIpc) is 2.78. The van der Waals surface area contributed by atoms with Crippen LogP contribution in [0.15, 0.2) is 0 Å². The molecule has 0 aliphatic carbocycles. The van der Waals surface area contributed by atoms with Gasteiger partial charge in [0.25, 0.3) is 0 Å². The summed E-state index contributed by atoms with van der Waals surface area (Å²) in [7, 11) is 0. The van der Waals surface area contributed by atoms with Crippen LogP contribution in [0.5, 0.6) is 0 Å². The number of epoxide rings is 1. The normalized spacial score (nSPS) is 42.4. The van der Waals surface area contributed by atoms with E-state index in [0.717, 1.165) is 25.1 Å². The second-order valence-corrected chi connectivity index (χ2v) is 5.81. The first-order valence-electron chi connectivity index (χ1n) is 5.87. The van der Waals surface area contributed by atoms with Crippen LogP contribution in [0.2, 0.25) is 0 Å². The Morgan fingerprint density at radius 1 is 1.36 bits per heavy atom. The lowest BCUT2D eigenvalue weighted by Crippen LogP contribution is -2.55. The molecule has 2 heteroatoms. The number of likely N-dealkylation sites (tertiary alicyclic amines) is 1. The van der Waals surface area contributed by atoms with Crippen molar-refractivity contribution < 1.29 is 4.74 Å². The Morgan fingerprint density at radius 2 is 2.00 bits per heavy atom. The van der Waals surface area contributed by atoms with Gasteiger partial charge in [-0.25, -0.2) is 0 Å². The zero-order chi connectivity index (χ0) is 10.3. The highest BCUT2D eigenvalue weighted by molar-refractivity contribution is 4.94. The van der Waals surface area contributed by atoms with E-state index >= 15 is 0 Å². The van der Waals surface area contributed by atoms with Crippen LogP contribution in [0.25, 0.3) is 0 Å². The summed E-state index contributed by atoms with van der Waals surface area (Å²) in [6.45, 7) is 11.6. The number of hydrogen-bond acceptors (Lipinski definition) is 2. The minimum Gasteiger partial charge on any atom is -0.372 e. The Hall–Kier alpha value is -0.0800. The molecule has 0 bridgehead atoms. The zero-order valence-electron chi connectivity index (χ0n) is 9.92. The molecule has 0 N–H and O–H groups in total. The molecule has 2 rings (SSSR count). The fourth-order valence-corrected chi connectivity index (χ4v) is 3.18. The van der Waals surface area contributed by atoms with Crippen LogP contribution in [0.3, 0.4) is 0 Å². The number of ether oxygens (including phenoxy) is 1. The Kier molecular flexibility index (Phi) is 2.61. The third kappa shape index (κ3) is 2.12. The Bertz CT molecular complexity index is 210. The summed E-state index contributed by atoms with van der Waals surface area (Å²) in [6.07, 6.45) is 3.20. The molecule has 0 aromatic rings. The highest BCUT2D eigenvalue weighted by Crippen LogP contribution is 2.35. The lowest BCUT2D eigenvalue weighted by molar-refractivity contribution is 0.00324. The molecule has 0 aromatic heterocycles. The molecule has 3 atom stereocenters. The number of nitrogens with zero attached hydrogens (tertiary/aromatic N) is 1. The maximum atomic E-state index is 5.34. The summed E-state index contributed by atoms with van der Waals surface area (Å²) >= 11 is 0. The summed E-state index contributed by atoms with van der Waals surface area (Å²) in [6, 6.07) is 0.720. The molecule has 2 heterocycles. The highest BCUT2D eigenvalue weighted by atomic mass is 16.6. The van der Waals surface area contributed by atoms with Crippen LogP contribution in [0.4, 0.5) is 0 Å². The fraction of sp³-hybridized carbons (Fsp3) is 1.00. The maximum Gasteiger partial charge on any atom is 0.0936 e. The SMILES string of the molecule is C[C@@H]1C[C@H](C)N(C[C@@H]2CO2)C(C)(C)C1. The van der Waals surface area contributed by atoms with Gasteiger partial charge in [0.05, 0.1) is 12.7 Å². The van der Waals surface area contributed by atoms with Crippen LogP contribution in [-0.2, 0) is 4.74 Å². The summed E-state index contributed by atoms with van der Waals surface area (Å²) in [5, 5.41) is 0. The fourth-order valence-electron chi connectivity index (χ4n) is 3.18. The van der Waals surface area contributed by atoms with Crippen molar-refractivity contribution in [1.29, 1.82) is 0 Å². The third-order valence-electron chi connectivity index (χ3n) is 3.70. The summed E-state index contributed by atoms with van der Waals surface area (Å²) in [4.78, 5) is 2.64. The van der Waals surface area contributed by atoms with Crippen molar-refractivity contribution in [3.05, 3.63) is 0 Å². The molecule has 0 radical (unpaired) electrons. The van der Waals surface area contributed by atoms with Gasteiger partial charge < -0.3 is 4.74 Å². The van der Waals surface area contributed by atoms with Gasteiger partial charge in [0, 0.05) is 18.1 Å². The van der Waals surface area contributed by atoms with E-state index < -0.39 is 0 Å². The summed E-state index contributed by atoms with van der Waals surface area (Å²) < 4.78 is 5.34. The molecular weight excluding hydrogens is 174 g/mol. The van der Waals surface area contributed by atoms with Crippen molar-refractivity contribution in [2.24, 2.45) is 5.92 Å². The van der Waals surface area contributed by atoms with Gasteiger partial charge >= 0.3 is 0 Å². The first-order valence-corrected chi connectivity index (χ1v) is 5.87. The predicted molar refractivity (Wildman–Crippen MR) is 58.4 cm³/mol. The van der Waals surface area contributed by atoms with Gasteiger partial charge in [0.15, 0.2) is 0 Å². The first kappa shape index (κ1) is 10.4. The van der Waals surface area contributed by atoms with Gasteiger partial charge in [-0.3, -0.25) is 4.90 Å². The monoisotopic (exact) mass is 197 g/mol. The maximum absolute atomic E-state index is 5.34. The van der Waals surface area contributed by atoms with E-state index in [4.69, 9.17) is 4.74 Å². The Labute approximate surface area is 87.6 Å². The second-order valence-electron chi connectivity index (χ2n) is 5.81. The minimum absolute atomic E-state index is 0.364. The van der Waals surface area contributed by atoms with Crippen molar-refractivity contribution in [3.8, 4) is 0 Å². The van der Waals surface area contributed by atoms with Crippen LogP contribution >= 0.6 is 0 Å². The molecule has 2 aliphatic heterocycles. The van der Waals surface area contributed by atoms with Gasteiger partial charge in [0.1, 0.15) is 0 Å². The third-order valence-corrected chi connectivity index (χ3v) is 3.70. The van der Waals surface area contributed by atoms with E-state index in [1.54, 1.807) is 0 Å². The molecule has 2 saturated heterocycles. The van der Waals surface area contributed by atoms with E-state index in [1.807, 2.05) is 0 Å². The zero-order valence-corrected chi connectivity index (χ0v) is 9.92. The van der Waals surface area contributed by atoms with Gasteiger partial charge in [0.2, 0.25) is 0 Å². The number of piperidine rings is 1. The van der Waals surface area contributed by atoms with E-state index in [0.29, 0.717) is 11.6 Å². The Balaban J connectivity index is 2.02. The molecule has 2 nitrogen and oxygen atoms in total. The molecule has 0 aromatic carbocycles. The minimum atomic E-state index is 0.364. The molecular formula is C12H23NO. The van der Waals surface area contributed by atoms with Crippen LogP contribution in [0, 0.1) is 5.92 Å². The summed E-state index contributed by atoms with van der Waals surface area (Å²) in [5.41, 5.74) is 0.364. The highest BCUT2D eigenvalue weighted by Gasteiger charge is 2.40. The van der Waals surface area contributed by atoms with Gasteiger partial charge in [-0.2, -0.15) is 0 Å². The molecule has 14 heavy (non-hydrogen) atoms. The largest absolute Gasteiger partial charge is 0.372 e. The number of hydrogen-bond donors (Lipinski definition) is 0. The van der Waals surface area contributed by atoms with Crippen molar-refractivity contribution in [2.45, 2.75) is 58.2 Å². The van der Waals surface area contributed by atoms with Gasteiger partial charge in [-0.05, 0) is 39.5 Å².